The quantitative estimate of drug-likeness (QED) is 0.720. The number of aromatic carboxylic acids is 1. The molecule has 7 heteroatoms. The van der Waals surface area contributed by atoms with Gasteiger partial charge in [0.2, 0.25) is 0 Å². The number of halogens is 3. The van der Waals surface area contributed by atoms with Crippen LogP contribution in [0.5, 0.6) is 0 Å². The molecule has 0 heterocycles. The minimum atomic E-state index is -4.69. The fraction of sp³-hybridized carbons (Fsp3) is 0.500. The maximum absolute atomic E-state index is 12.7. The third-order valence-corrected chi connectivity index (χ3v) is 2.77. The zero-order chi connectivity index (χ0) is 15.9. The number of carbonyl (C=O) groups is 1. The zero-order valence-electron chi connectivity index (χ0n) is 11.7. The summed E-state index contributed by atoms with van der Waals surface area (Å²) in [7, 11) is 0. The fourth-order valence-corrected chi connectivity index (χ4v) is 1.69. The van der Waals surface area contributed by atoms with Crippen LogP contribution < -0.4 is 5.32 Å². The number of hydrogen-bond acceptors (Lipinski definition) is 3. The number of carboxylic acid groups (broad SMARTS) is 1. The van der Waals surface area contributed by atoms with Crippen LogP contribution in [-0.4, -0.2) is 30.8 Å². The Kier molecular flexibility index (Phi) is 6.48. The monoisotopic (exact) mass is 305 g/mol. The number of unbranched alkanes of at least 4 members (excludes halogenated alkanes) is 1. The first-order valence-electron chi connectivity index (χ1n) is 6.62. The highest BCUT2D eigenvalue weighted by Crippen LogP contribution is 2.33. The number of anilines is 1. The molecule has 0 aliphatic heterocycles. The van der Waals surface area contributed by atoms with Crippen molar-refractivity contribution >= 4 is 11.7 Å². The minimum absolute atomic E-state index is 0.319. The van der Waals surface area contributed by atoms with E-state index in [1.165, 1.54) is 6.07 Å². The van der Waals surface area contributed by atoms with Crippen LogP contribution in [0, 0.1) is 0 Å². The molecule has 0 fully saturated rings. The molecule has 0 radical (unpaired) electrons. The van der Waals surface area contributed by atoms with Gasteiger partial charge in [-0.2, -0.15) is 13.2 Å². The Morgan fingerprint density at radius 3 is 2.62 bits per heavy atom. The lowest BCUT2D eigenvalue weighted by molar-refractivity contribution is -0.138. The predicted octanol–water partition coefficient (Wildman–Crippen LogP) is 3.63. The summed E-state index contributed by atoms with van der Waals surface area (Å²) in [5.74, 6) is -1.61. The fourth-order valence-electron chi connectivity index (χ4n) is 1.69. The largest absolute Gasteiger partial charge is 0.478 e. The number of ether oxygens (including phenoxy) is 1. The highest BCUT2D eigenvalue weighted by Gasteiger charge is 2.35. The smallest absolute Gasteiger partial charge is 0.417 e. The molecule has 1 aromatic carbocycles. The van der Waals surface area contributed by atoms with Crippen LogP contribution in [0.25, 0.3) is 0 Å². The van der Waals surface area contributed by atoms with Gasteiger partial charge in [-0.1, -0.05) is 13.3 Å². The molecule has 118 valence electrons. The Morgan fingerprint density at radius 1 is 1.33 bits per heavy atom. The number of nitrogens with one attached hydrogen (secondary N) is 1. The molecule has 21 heavy (non-hydrogen) atoms. The van der Waals surface area contributed by atoms with Gasteiger partial charge in [-0.3, -0.25) is 0 Å². The van der Waals surface area contributed by atoms with Crippen molar-refractivity contribution in [3.8, 4) is 0 Å². The molecule has 0 saturated carbocycles. The van der Waals surface area contributed by atoms with E-state index in [4.69, 9.17) is 9.84 Å². The maximum atomic E-state index is 12.7. The Bertz CT molecular complexity index is 475. The van der Waals surface area contributed by atoms with E-state index < -0.39 is 23.3 Å². The predicted molar refractivity (Wildman–Crippen MR) is 72.6 cm³/mol. The summed E-state index contributed by atoms with van der Waals surface area (Å²) in [6, 6.07) is 2.96. The van der Waals surface area contributed by atoms with Gasteiger partial charge < -0.3 is 15.2 Å². The summed E-state index contributed by atoms with van der Waals surface area (Å²) in [5.41, 5.74) is -1.60. The third kappa shape index (κ3) is 5.63. The number of hydrogen-bond donors (Lipinski definition) is 2. The Labute approximate surface area is 120 Å². The molecule has 0 aliphatic carbocycles. The summed E-state index contributed by atoms with van der Waals surface area (Å²) in [6.07, 6.45) is -2.72. The average molecular weight is 305 g/mol. The second-order valence-electron chi connectivity index (χ2n) is 4.46. The molecule has 0 amide bonds. The Hall–Kier alpha value is -1.76. The van der Waals surface area contributed by atoms with E-state index in [0.717, 1.165) is 25.0 Å². The van der Waals surface area contributed by atoms with Crippen molar-refractivity contribution in [1.82, 2.24) is 0 Å². The van der Waals surface area contributed by atoms with Crippen molar-refractivity contribution in [1.29, 1.82) is 0 Å². The van der Waals surface area contributed by atoms with E-state index in [1.807, 2.05) is 6.92 Å². The van der Waals surface area contributed by atoms with E-state index in [0.29, 0.717) is 25.4 Å². The summed E-state index contributed by atoms with van der Waals surface area (Å²) < 4.78 is 43.3. The Balaban J connectivity index is 2.65. The van der Waals surface area contributed by atoms with Crippen LogP contribution >= 0.6 is 0 Å². The molecule has 1 aromatic rings. The average Bonchev–Trinajstić information content (AvgIpc) is 2.41. The van der Waals surface area contributed by atoms with Gasteiger partial charge >= 0.3 is 12.1 Å². The van der Waals surface area contributed by atoms with Crippen molar-refractivity contribution < 1.29 is 27.8 Å². The van der Waals surface area contributed by atoms with Gasteiger partial charge in [0.05, 0.1) is 17.7 Å². The third-order valence-electron chi connectivity index (χ3n) is 2.77. The zero-order valence-corrected chi connectivity index (χ0v) is 11.7. The van der Waals surface area contributed by atoms with Crippen molar-refractivity contribution in [3.05, 3.63) is 29.3 Å². The summed E-state index contributed by atoms with van der Waals surface area (Å²) in [5, 5.41) is 11.7. The molecule has 0 atom stereocenters. The van der Waals surface area contributed by atoms with Crippen LogP contribution in [0.15, 0.2) is 18.2 Å². The molecular weight excluding hydrogens is 287 g/mol. The second-order valence-corrected chi connectivity index (χ2v) is 4.46. The number of carboxylic acids is 1. The van der Waals surface area contributed by atoms with Gasteiger partial charge in [0.25, 0.3) is 0 Å². The first-order chi connectivity index (χ1) is 9.86. The lowest BCUT2D eigenvalue weighted by Crippen LogP contribution is -2.15. The molecule has 4 nitrogen and oxygen atoms in total. The van der Waals surface area contributed by atoms with Crippen LogP contribution in [0.2, 0.25) is 0 Å². The van der Waals surface area contributed by atoms with Crippen molar-refractivity contribution in [2.45, 2.75) is 25.9 Å². The Morgan fingerprint density at radius 2 is 2.05 bits per heavy atom. The van der Waals surface area contributed by atoms with Crippen molar-refractivity contribution in [3.63, 3.8) is 0 Å². The minimum Gasteiger partial charge on any atom is -0.478 e. The normalized spacial score (nSPS) is 11.4. The van der Waals surface area contributed by atoms with E-state index in [-0.39, 0.29) is 0 Å². The second kappa shape index (κ2) is 7.87. The number of benzene rings is 1. The first-order valence-corrected chi connectivity index (χ1v) is 6.62. The van der Waals surface area contributed by atoms with E-state index in [1.54, 1.807) is 0 Å². The molecule has 0 saturated heterocycles. The molecule has 1 rings (SSSR count). The van der Waals surface area contributed by atoms with Gasteiger partial charge in [-0.05, 0) is 24.6 Å². The van der Waals surface area contributed by atoms with Crippen molar-refractivity contribution in [2.75, 3.05) is 25.1 Å². The lowest BCUT2D eigenvalue weighted by Gasteiger charge is -2.13. The summed E-state index contributed by atoms with van der Waals surface area (Å²) in [4.78, 5) is 10.9. The number of rotatable bonds is 8. The number of alkyl halides is 3. The molecule has 0 unspecified atom stereocenters. The maximum Gasteiger partial charge on any atom is 0.417 e. The van der Waals surface area contributed by atoms with Crippen LogP contribution in [0.3, 0.4) is 0 Å². The standard InChI is InChI=1S/C14H18F3NO3/c1-2-3-7-21-8-6-18-10-4-5-12(14(15,16)17)11(9-10)13(19)20/h4-5,9,18H,2-3,6-8H2,1H3,(H,19,20). The van der Waals surface area contributed by atoms with Crippen LogP contribution in [0.4, 0.5) is 18.9 Å². The first kappa shape index (κ1) is 17.3. The molecule has 0 aliphatic rings. The molecule has 0 bridgehead atoms. The molecular formula is C14H18F3NO3. The topological polar surface area (TPSA) is 58.6 Å². The van der Waals surface area contributed by atoms with Gasteiger partial charge in [0.1, 0.15) is 0 Å². The SMILES string of the molecule is CCCCOCCNc1ccc(C(F)(F)F)c(C(=O)O)c1. The van der Waals surface area contributed by atoms with E-state index >= 15 is 0 Å². The van der Waals surface area contributed by atoms with Gasteiger partial charge in [-0.25, -0.2) is 4.79 Å². The van der Waals surface area contributed by atoms with E-state index in [2.05, 4.69) is 5.32 Å². The molecule has 0 spiro atoms. The van der Waals surface area contributed by atoms with Gasteiger partial charge in [-0.15, -0.1) is 0 Å². The van der Waals surface area contributed by atoms with Gasteiger partial charge in [0, 0.05) is 18.8 Å². The van der Waals surface area contributed by atoms with Gasteiger partial charge in [0.15, 0.2) is 0 Å². The highest BCUT2D eigenvalue weighted by molar-refractivity contribution is 5.91. The molecule has 2 N–H and O–H groups in total. The lowest BCUT2D eigenvalue weighted by atomic mass is 10.1. The van der Waals surface area contributed by atoms with Crippen LogP contribution in [0.1, 0.15) is 35.7 Å². The van der Waals surface area contributed by atoms with Crippen LogP contribution in [-0.2, 0) is 10.9 Å². The van der Waals surface area contributed by atoms with E-state index in [9.17, 15) is 18.0 Å². The highest BCUT2D eigenvalue weighted by atomic mass is 19.4. The molecule has 0 aromatic heterocycles. The summed E-state index contributed by atoms with van der Waals surface area (Å²) in [6.45, 7) is 3.47. The summed E-state index contributed by atoms with van der Waals surface area (Å²) >= 11 is 0. The van der Waals surface area contributed by atoms with Crippen molar-refractivity contribution in [2.24, 2.45) is 0 Å².